The van der Waals surface area contributed by atoms with Gasteiger partial charge in [0.05, 0.1) is 5.69 Å². The third-order valence-corrected chi connectivity index (χ3v) is 1.39. The molecule has 0 fully saturated rings. The van der Waals surface area contributed by atoms with Gasteiger partial charge in [-0.05, 0) is 0 Å². The van der Waals surface area contributed by atoms with Gasteiger partial charge in [0.15, 0.2) is 5.51 Å². The van der Waals surface area contributed by atoms with Crippen LogP contribution in [0, 0.1) is 5.51 Å². The average Bonchev–Trinajstić information content (AvgIpc) is 2.19. The van der Waals surface area contributed by atoms with Crippen LogP contribution in [-0.2, 0) is 6.42 Å². The number of thiazole rings is 1. The summed E-state index contributed by atoms with van der Waals surface area (Å²) in [5.74, 6) is 0. The maximum Gasteiger partial charge on any atom is 0.152 e. The third kappa shape index (κ3) is 1.28. The number of aromatic nitrogens is 1. The second kappa shape index (κ2) is 2.79. The highest BCUT2D eigenvalue weighted by atomic mass is 32.1. The lowest BCUT2D eigenvalue weighted by molar-refractivity contribution is 0.298. The molecule has 1 rings (SSSR count). The quantitative estimate of drug-likeness (QED) is 0.628. The van der Waals surface area contributed by atoms with Crippen molar-refractivity contribution in [3.8, 4) is 0 Å². The number of nitrogens with zero attached hydrogens (tertiary/aromatic N) is 1. The molecule has 0 aromatic carbocycles. The van der Waals surface area contributed by atoms with Crippen molar-refractivity contribution in [2.75, 3.05) is 6.61 Å². The van der Waals surface area contributed by atoms with E-state index in [4.69, 9.17) is 5.11 Å². The molecule has 1 heterocycles. The normalized spacial score (nSPS) is 9.62. The van der Waals surface area contributed by atoms with E-state index in [9.17, 15) is 0 Å². The van der Waals surface area contributed by atoms with E-state index < -0.39 is 0 Å². The van der Waals surface area contributed by atoms with Crippen molar-refractivity contribution >= 4 is 11.3 Å². The summed E-state index contributed by atoms with van der Waals surface area (Å²) < 4.78 is 0. The van der Waals surface area contributed by atoms with E-state index in [1.165, 1.54) is 11.3 Å². The molecular weight excluding hydrogens is 122 g/mol. The van der Waals surface area contributed by atoms with Gasteiger partial charge in [0.2, 0.25) is 0 Å². The van der Waals surface area contributed by atoms with Crippen molar-refractivity contribution in [1.29, 1.82) is 0 Å². The minimum Gasteiger partial charge on any atom is -0.396 e. The van der Waals surface area contributed by atoms with E-state index in [-0.39, 0.29) is 6.61 Å². The molecule has 0 bridgehead atoms. The van der Waals surface area contributed by atoms with Crippen LogP contribution in [0.1, 0.15) is 5.69 Å². The molecule has 8 heavy (non-hydrogen) atoms. The predicted molar refractivity (Wildman–Crippen MR) is 31.7 cm³/mol. The van der Waals surface area contributed by atoms with Crippen molar-refractivity contribution in [3.05, 3.63) is 16.6 Å². The van der Waals surface area contributed by atoms with E-state index in [0.29, 0.717) is 6.42 Å². The molecule has 0 unspecified atom stereocenters. The molecule has 43 valence electrons. The summed E-state index contributed by atoms with van der Waals surface area (Å²) in [6.07, 6.45) is 0.653. The first kappa shape index (κ1) is 5.72. The highest BCUT2D eigenvalue weighted by Crippen LogP contribution is 1.99. The molecule has 0 spiro atoms. The lowest BCUT2D eigenvalue weighted by atomic mass is 10.4. The number of hydrogen-bond acceptors (Lipinski definition) is 3. The molecule has 1 radical (unpaired) electrons. The monoisotopic (exact) mass is 128 g/mol. The van der Waals surface area contributed by atoms with Gasteiger partial charge in [0.1, 0.15) is 0 Å². The Morgan fingerprint density at radius 2 is 2.75 bits per heavy atom. The van der Waals surface area contributed by atoms with Gasteiger partial charge in [0, 0.05) is 18.4 Å². The van der Waals surface area contributed by atoms with Gasteiger partial charge in [-0.2, -0.15) is 0 Å². The topological polar surface area (TPSA) is 33.1 Å². The van der Waals surface area contributed by atoms with Gasteiger partial charge in [-0.3, -0.25) is 0 Å². The zero-order valence-corrected chi connectivity index (χ0v) is 5.11. The summed E-state index contributed by atoms with van der Waals surface area (Å²) in [4.78, 5) is 3.84. The molecule has 1 aromatic heterocycles. The zero-order chi connectivity index (χ0) is 5.82. The van der Waals surface area contributed by atoms with E-state index in [1.54, 1.807) is 0 Å². The second-order valence-corrected chi connectivity index (χ2v) is 2.06. The number of hydrogen-bond donors (Lipinski definition) is 1. The summed E-state index contributed by atoms with van der Waals surface area (Å²) in [7, 11) is 0. The van der Waals surface area contributed by atoms with Crippen LogP contribution in [0.5, 0.6) is 0 Å². The van der Waals surface area contributed by atoms with Gasteiger partial charge in [-0.15, -0.1) is 11.3 Å². The Kier molecular flexibility index (Phi) is 2.00. The summed E-state index contributed by atoms with van der Waals surface area (Å²) in [5.41, 5.74) is 3.62. The summed E-state index contributed by atoms with van der Waals surface area (Å²) in [6, 6.07) is 0. The Balaban J connectivity index is 2.50. The van der Waals surface area contributed by atoms with Crippen LogP contribution < -0.4 is 0 Å². The van der Waals surface area contributed by atoms with Gasteiger partial charge in [-0.25, -0.2) is 4.98 Å². The lowest BCUT2D eigenvalue weighted by Gasteiger charge is -1.84. The average molecular weight is 128 g/mol. The van der Waals surface area contributed by atoms with Gasteiger partial charge >= 0.3 is 0 Å². The summed E-state index contributed by atoms with van der Waals surface area (Å²) >= 11 is 1.43. The molecule has 0 saturated heterocycles. The first-order valence-electron chi connectivity index (χ1n) is 2.35. The van der Waals surface area contributed by atoms with Crippen molar-refractivity contribution in [3.63, 3.8) is 0 Å². The first-order chi connectivity index (χ1) is 3.93. The fourth-order valence-corrected chi connectivity index (χ4v) is 0.964. The molecule has 0 atom stereocenters. The smallest absolute Gasteiger partial charge is 0.152 e. The van der Waals surface area contributed by atoms with Crippen LogP contribution in [-0.4, -0.2) is 16.7 Å². The largest absolute Gasteiger partial charge is 0.396 e. The molecule has 3 heteroatoms. The molecular formula is C5H6NOS. The predicted octanol–water partition coefficient (Wildman–Crippen LogP) is 0.478. The Morgan fingerprint density at radius 3 is 3.25 bits per heavy atom. The van der Waals surface area contributed by atoms with Crippen LogP contribution in [0.25, 0.3) is 0 Å². The fraction of sp³-hybridized carbons (Fsp3) is 0.400. The molecule has 1 N–H and O–H groups in total. The highest BCUT2D eigenvalue weighted by molar-refractivity contribution is 7.07. The molecule has 0 saturated carbocycles. The van der Waals surface area contributed by atoms with Crippen LogP contribution in [0.15, 0.2) is 5.38 Å². The fourth-order valence-electron chi connectivity index (χ4n) is 0.435. The standard InChI is InChI=1S/C5H6NOS/c7-2-1-5-3-8-4-6-5/h3,7H,1-2H2. The lowest BCUT2D eigenvalue weighted by Crippen LogP contribution is -1.88. The van der Waals surface area contributed by atoms with E-state index >= 15 is 0 Å². The van der Waals surface area contributed by atoms with Crippen molar-refractivity contribution in [2.45, 2.75) is 6.42 Å². The Labute approximate surface area is 51.8 Å². The van der Waals surface area contributed by atoms with E-state index in [1.807, 2.05) is 5.38 Å². The Morgan fingerprint density at radius 1 is 1.88 bits per heavy atom. The number of rotatable bonds is 2. The number of aliphatic hydroxyl groups excluding tert-OH is 1. The maximum atomic E-state index is 8.39. The van der Waals surface area contributed by atoms with Crippen molar-refractivity contribution < 1.29 is 5.11 Å². The van der Waals surface area contributed by atoms with E-state index in [0.717, 1.165) is 5.69 Å². The van der Waals surface area contributed by atoms with Crippen molar-refractivity contribution in [1.82, 2.24) is 4.98 Å². The molecule has 0 aliphatic rings. The molecule has 2 nitrogen and oxygen atoms in total. The van der Waals surface area contributed by atoms with Crippen LogP contribution >= 0.6 is 11.3 Å². The Hall–Kier alpha value is -0.410. The first-order valence-corrected chi connectivity index (χ1v) is 3.23. The van der Waals surface area contributed by atoms with E-state index in [2.05, 4.69) is 10.5 Å². The third-order valence-electron chi connectivity index (χ3n) is 0.805. The van der Waals surface area contributed by atoms with Gasteiger partial charge in [0.25, 0.3) is 0 Å². The SMILES string of the molecule is OCCc1cs[c]n1. The second-order valence-electron chi connectivity index (χ2n) is 1.40. The van der Waals surface area contributed by atoms with Gasteiger partial charge < -0.3 is 5.11 Å². The van der Waals surface area contributed by atoms with Crippen molar-refractivity contribution in [2.24, 2.45) is 0 Å². The van der Waals surface area contributed by atoms with Crippen LogP contribution in [0.2, 0.25) is 0 Å². The Bertz CT molecular complexity index is 138. The highest BCUT2D eigenvalue weighted by Gasteiger charge is 1.89. The molecule has 1 aromatic rings. The van der Waals surface area contributed by atoms with Crippen LogP contribution in [0.4, 0.5) is 0 Å². The number of aliphatic hydroxyl groups is 1. The minimum absolute atomic E-state index is 0.178. The minimum atomic E-state index is 0.178. The van der Waals surface area contributed by atoms with Crippen LogP contribution in [0.3, 0.4) is 0 Å². The van der Waals surface area contributed by atoms with Gasteiger partial charge in [-0.1, -0.05) is 0 Å². The molecule has 0 aliphatic carbocycles. The molecule has 0 amide bonds. The maximum absolute atomic E-state index is 8.39. The zero-order valence-electron chi connectivity index (χ0n) is 4.29. The summed E-state index contributed by atoms with van der Waals surface area (Å²) in [6.45, 7) is 0.178. The molecule has 0 aliphatic heterocycles. The summed E-state index contributed by atoms with van der Waals surface area (Å²) in [5, 5.41) is 10.3.